The molecule has 4 heteroatoms. The molecular weight excluding hydrogens is 522 g/mol. The molecule has 0 atom stereocenters. The van der Waals surface area contributed by atoms with Crippen LogP contribution in [0.2, 0.25) is 0 Å². The van der Waals surface area contributed by atoms with Gasteiger partial charge in [-0.2, -0.15) is 0 Å². The Morgan fingerprint density at radius 2 is 1.07 bits per heavy atom. The Labute approximate surface area is 255 Å². The van der Waals surface area contributed by atoms with Gasteiger partial charge in [-0.25, -0.2) is 4.98 Å². The van der Waals surface area contributed by atoms with Gasteiger partial charge in [-0.05, 0) is 18.6 Å². The van der Waals surface area contributed by atoms with Crippen molar-refractivity contribution in [2.24, 2.45) is 0 Å². The highest BCUT2D eigenvalue weighted by Crippen LogP contribution is 2.26. The molecule has 3 nitrogen and oxygen atoms in total. The summed E-state index contributed by atoms with van der Waals surface area (Å²) in [5.74, 6) is 0. The zero-order chi connectivity index (χ0) is 27.8. The van der Waals surface area contributed by atoms with Gasteiger partial charge in [0.2, 0.25) is 16.7 Å². The summed E-state index contributed by atoms with van der Waals surface area (Å²) in [5.41, 5.74) is 6.78. The normalized spacial score (nSPS) is 11.2. The van der Waals surface area contributed by atoms with E-state index in [1.54, 1.807) is 0 Å². The maximum atomic E-state index is 5.15. The number of benzene rings is 3. The fraction of sp³-hybridized carbons (Fsp3) is 0.514. The maximum Gasteiger partial charge on any atom is 0.239 e. The van der Waals surface area contributed by atoms with E-state index >= 15 is 0 Å². The zero-order valence-electron chi connectivity index (χ0n) is 25.7. The van der Waals surface area contributed by atoms with Crippen LogP contribution in [0.25, 0.3) is 27.8 Å². The van der Waals surface area contributed by atoms with E-state index in [2.05, 4.69) is 96.2 Å². The molecule has 0 radical (unpaired) electrons. The maximum absolute atomic E-state index is 5.15. The highest BCUT2D eigenvalue weighted by molar-refractivity contribution is 5.91. The van der Waals surface area contributed by atoms with Crippen LogP contribution in [0.1, 0.15) is 110 Å². The first-order valence-electron chi connectivity index (χ1n) is 16.3. The molecule has 0 aliphatic carbocycles. The Morgan fingerprint density at radius 3 is 1.68 bits per heavy atom. The Hall–Kier alpha value is -2.65. The first-order chi connectivity index (χ1) is 19.8. The largest absolute Gasteiger partial charge is 1.00 e. The van der Waals surface area contributed by atoms with Gasteiger partial charge in [-0.1, -0.05) is 140 Å². The lowest BCUT2D eigenvalue weighted by Gasteiger charge is -2.20. The molecule has 41 heavy (non-hydrogen) atoms. The lowest BCUT2D eigenvalue weighted by molar-refractivity contribution is -0.538. The number of unbranched alkanes of at least 4 members (excludes halogenated alkanes) is 15. The zero-order valence-corrected chi connectivity index (χ0v) is 26.4. The van der Waals surface area contributed by atoms with Crippen LogP contribution in [0, 0.1) is 0 Å². The third-order valence-corrected chi connectivity index (χ3v) is 8.36. The van der Waals surface area contributed by atoms with E-state index in [-0.39, 0.29) is 12.4 Å². The molecular formula is C37H52ClN3. The molecule has 4 aromatic rings. The summed E-state index contributed by atoms with van der Waals surface area (Å²) < 4.78 is 2.35. The second-order valence-corrected chi connectivity index (χ2v) is 11.6. The van der Waals surface area contributed by atoms with E-state index in [9.17, 15) is 0 Å². The van der Waals surface area contributed by atoms with Crippen molar-refractivity contribution in [2.75, 3.05) is 18.5 Å². The lowest BCUT2D eigenvalue weighted by atomic mass is 10.0. The lowest BCUT2D eigenvalue weighted by Crippen LogP contribution is -3.00. The van der Waals surface area contributed by atoms with Crippen molar-refractivity contribution >= 4 is 27.8 Å². The van der Waals surface area contributed by atoms with Crippen molar-refractivity contribution < 1.29 is 17.0 Å². The van der Waals surface area contributed by atoms with Crippen LogP contribution >= 0.6 is 0 Å². The summed E-state index contributed by atoms with van der Waals surface area (Å²) in [7, 11) is 2.23. The topological polar surface area (TPSA) is 20.0 Å². The third-order valence-electron chi connectivity index (χ3n) is 8.36. The summed E-state index contributed by atoms with van der Waals surface area (Å²) in [4.78, 5) is 7.55. The summed E-state index contributed by atoms with van der Waals surface area (Å²) in [6.45, 7) is 3.36. The van der Waals surface area contributed by atoms with Crippen molar-refractivity contribution in [3.8, 4) is 5.69 Å². The van der Waals surface area contributed by atoms with Crippen molar-refractivity contribution in [1.82, 2.24) is 4.98 Å². The van der Waals surface area contributed by atoms with E-state index in [4.69, 9.17) is 4.98 Å². The fourth-order valence-electron chi connectivity index (χ4n) is 5.99. The molecule has 1 aromatic heterocycles. The van der Waals surface area contributed by atoms with Gasteiger partial charge < -0.3 is 17.3 Å². The quantitative estimate of drug-likeness (QED) is 0.0663. The van der Waals surface area contributed by atoms with Gasteiger partial charge in [0.05, 0.1) is 5.69 Å². The molecule has 222 valence electrons. The minimum atomic E-state index is 0. The van der Waals surface area contributed by atoms with Crippen molar-refractivity contribution in [2.45, 2.75) is 110 Å². The van der Waals surface area contributed by atoms with E-state index < -0.39 is 0 Å². The van der Waals surface area contributed by atoms with E-state index in [0.29, 0.717) is 0 Å². The van der Waals surface area contributed by atoms with Crippen molar-refractivity contribution in [3.63, 3.8) is 0 Å². The van der Waals surface area contributed by atoms with Crippen LogP contribution in [-0.4, -0.2) is 18.6 Å². The number of fused-ring (bicyclic) bond motifs is 2. The number of aromatic nitrogens is 2. The van der Waals surface area contributed by atoms with Gasteiger partial charge in [-0.3, -0.25) is 0 Å². The average Bonchev–Trinajstić information content (AvgIpc) is 2.99. The minimum Gasteiger partial charge on any atom is -1.00 e. The molecule has 4 rings (SSSR count). The number of anilines is 1. The average molecular weight is 574 g/mol. The summed E-state index contributed by atoms with van der Waals surface area (Å²) >= 11 is 0. The van der Waals surface area contributed by atoms with Gasteiger partial charge in [0, 0.05) is 37.9 Å². The van der Waals surface area contributed by atoms with Gasteiger partial charge in [0.1, 0.15) is 5.52 Å². The molecule has 0 N–H and O–H groups in total. The van der Waals surface area contributed by atoms with E-state index in [1.807, 2.05) is 0 Å². The molecule has 0 spiro atoms. The third kappa shape index (κ3) is 9.99. The Balaban J connectivity index is 0.00000462. The first kappa shape index (κ1) is 32.9. The highest BCUT2D eigenvalue weighted by atomic mass is 35.5. The molecule has 0 aliphatic rings. The van der Waals surface area contributed by atoms with Crippen LogP contribution in [0.5, 0.6) is 0 Å². The smallest absolute Gasteiger partial charge is 0.239 e. The molecule has 0 bridgehead atoms. The number of nitrogens with zero attached hydrogens (tertiary/aromatic N) is 3. The van der Waals surface area contributed by atoms with Crippen molar-refractivity contribution in [3.05, 3.63) is 72.8 Å². The molecule has 0 unspecified atom stereocenters. The number of hydrogen-bond donors (Lipinski definition) is 0. The molecule has 1 heterocycles. The summed E-state index contributed by atoms with van der Waals surface area (Å²) in [6.07, 6.45) is 22.5. The SMILES string of the molecule is CCCCCCCCCCCCCCCCCCN(C)c1cccc2c1nc1ccccc1[n+]2-c1ccccc1.[Cl-]. The standard InChI is InChI=1S/C37H52N3.ClH/c1-3-4-5-6-7-8-9-10-11-12-13-14-15-16-17-23-31-39(2)35-29-24-30-36-37(35)38-33-27-21-22-28-34(33)40(36)32-25-19-18-20-26-32;/h18-22,24-30H,3-17,23,31H2,1-2H3;1H/q+1;/p-1. The molecule has 3 aromatic carbocycles. The Kier molecular flexibility index (Phi) is 15.0. The summed E-state index contributed by atoms with van der Waals surface area (Å²) in [6, 6.07) is 25.7. The van der Waals surface area contributed by atoms with Crippen LogP contribution in [0.3, 0.4) is 0 Å². The Morgan fingerprint density at radius 1 is 0.561 bits per heavy atom. The molecule has 0 saturated heterocycles. The predicted molar refractivity (Wildman–Crippen MR) is 174 cm³/mol. The van der Waals surface area contributed by atoms with Gasteiger partial charge in [-0.15, -0.1) is 4.57 Å². The second kappa shape index (κ2) is 18.7. The number of rotatable bonds is 19. The van der Waals surface area contributed by atoms with Gasteiger partial charge in [0.25, 0.3) is 0 Å². The van der Waals surface area contributed by atoms with E-state index in [1.165, 1.54) is 114 Å². The minimum absolute atomic E-state index is 0. The first-order valence-corrected chi connectivity index (χ1v) is 16.3. The number of hydrogen-bond acceptors (Lipinski definition) is 2. The van der Waals surface area contributed by atoms with Gasteiger partial charge in [0.15, 0.2) is 5.52 Å². The summed E-state index contributed by atoms with van der Waals surface area (Å²) in [5, 5.41) is 0. The van der Waals surface area contributed by atoms with Crippen LogP contribution in [-0.2, 0) is 0 Å². The Bertz CT molecular complexity index is 1270. The second-order valence-electron chi connectivity index (χ2n) is 11.6. The number of para-hydroxylation sites is 4. The predicted octanol–water partition coefficient (Wildman–Crippen LogP) is 7.37. The number of halogens is 1. The van der Waals surface area contributed by atoms with E-state index in [0.717, 1.165) is 28.6 Å². The van der Waals surface area contributed by atoms with Crippen LogP contribution < -0.4 is 21.9 Å². The fourth-order valence-corrected chi connectivity index (χ4v) is 5.99. The van der Waals surface area contributed by atoms with Gasteiger partial charge >= 0.3 is 0 Å². The monoisotopic (exact) mass is 573 g/mol. The van der Waals surface area contributed by atoms with Crippen molar-refractivity contribution in [1.29, 1.82) is 0 Å². The molecule has 0 fully saturated rings. The van der Waals surface area contributed by atoms with Crippen LogP contribution in [0.15, 0.2) is 72.8 Å². The highest BCUT2D eigenvalue weighted by Gasteiger charge is 2.21. The molecule has 0 amide bonds. The van der Waals surface area contributed by atoms with Crippen LogP contribution in [0.4, 0.5) is 5.69 Å². The molecule has 0 aliphatic heterocycles. The molecule has 0 saturated carbocycles.